The van der Waals surface area contributed by atoms with Gasteiger partial charge in [-0.1, -0.05) is 35.9 Å². The zero-order valence-electron chi connectivity index (χ0n) is 15.2. The monoisotopic (exact) mass is 381 g/mol. The Labute approximate surface area is 162 Å². The second kappa shape index (κ2) is 6.78. The van der Waals surface area contributed by atoms with E-state index in [4.69, 9.17) is 11.6 Å². The summed E-state index contributed by atoms with van der Waals surface area (Å²) < 4.78 is 1.86. The first kappa shape index (κ1) is 17.7. The van der Waals surface area contributed by atoms with Crippen LogP contribution in [0.1, 0.15) is 38.3 Å². The fourth-order valence-corrected chi connectivity index (χ4v) is 3.10. The van der Waals surface area contributed by atoms with Crippen molar-refractivity contribution < 1.29 is 4.79 Å². The van der Waals surface area contributed by atoms with Crippen molar-refractivity contribution in [2.75, 3.05) is 5.32 Å². The third kappa shape index (κ3) is 3.57. The molecule has 6 nitrogen and oxygen atoms in total. The first-order chi connectivity index (χ1) is 12.9. The van der Waals surface area contributed by atoms with E-state index in [9.17, 15) is 4.79 Å². The Balaban J connectivity index is 1.56. The molecule has 7 heteroatoms. The van der Waals surface area contributed by atoms with Crippen molar-refractivity contribution in [3.05, 3.63) is 59.1 Å². The van der Waals surface area contributed by atoms with Gasteiger partial charge in [-0.05, 0) is 66.9 Å². The van der Waals surface area contributed by atoms with Crippen LogP contribution in [0.15, 0.2) is 48.5 Å². The number of tetrazole rings is 1. The fourth-order valence-electron chi connectivity index (χ4n) is 2.97. The fraction of sp³-hybridized carbons (Fsp3) is 0.300. The summed E-state index contributed by atoms with van der Waals surface area (Å²) in [5.74, 6) is 0.634. The number of carbonyl (C=O) groups excluding carboxylic acids is 1. The van der Waals surface area contributed by atoms with E-state index < -0.39 is 5.41 Å². The molecule has 0 radical (unpaired) electrons. The number of benzene rings is 2. The highest BCUT2D eigenvalue weighted by molar-refractivity contribution is 6.30. The Morgan fingerprint density at radius 2 is 1.93 bits per heavy atom. The molecule has 0 saturated heterocycles. The number of nitrogens with one attached hydrogen (secondary N) is 1. The van der Waals surface area contributed by atoms with Gasteiger partial charge in [-0.25, -0.2) is 4.68 Å². The number of carbonyl (C=O) groups is 1. The topological polar surface area (TPSA) is 72.7 Å². The van der Waals surface area contributed by atoms with E-state index in [0.717, 1.165) is 29.8 Å². The molecular formula is C20H20ClN5O. The van der Waals surface area contributed by atoms with Crippen molar-refractivity contribution in [1.82, 2.24) is 20.2 Å². The minimum atomic E-state index is -0.698. The predicted octanol–water partition coefficient (Wildman–Crippen LogP) is 4.24. The van der Waals surface area contributed by atoms with Crippen molar-refractivity contribution in [3.8, 4) is 11.4 Å². The smallest absolute Gasteiger partial charge is 0.234 e. The van der Waals surface area contributed by atoms with Crippen LogP contribution >= 0.6 is 11.6 Å². The molecule has 4 rings (SSSR count). The van der Waals surface area contributed by atoms with Gasteiger partial charge >= 0.3 is 0 Å². The Morgan fingerprint density at radius 1 is 1.19 bits per heavy atom. The molecular weight excluding hydrogens is 362 g/mol. The zero-order chi connectivity index (χ0) is 19.0. The van der Waals surface area contributed by atoms with Crippen LogP contribution in [0.25, 0.3) is 11.4 Å². The SMILES string of the molecule is CC(C)(C(=O)Nc1cccc(-c2nnnn2C2CC2)c1)c1ccc(Cl)cc1. The maximum absolute atomic E-state index is 12.9. The molecule has 1 aliphatic carbocycles. The number of amides is 1. The van der Waals surface area contributed by atoms with Gasteiger partial charge < -0.3 is 5.32 Å². The van der Waals surface area contributed by atoms with E-state index in [1.54, 1.807) is 12.1 Å². The van der Waals surface area contributed by atoms with Crippen LogP contribution in [0.5, 0.6) is 0 Å². The van der Waals surface area contributed by atoms with E-state index in [1.165, 1.54) is 0 Å². The van der Waals surface area contributed by atoms with Gasteiger partial charge in [0, 0.05) is 16.3 Å². The highest BCUT2D eigenvalue weighted by atomic mass is 35.5. The van der Waals surface area contributed by atoms with Gasteiger partial charge in [0.05, 0.1) is 11.5 Å². The lowest BCUT2D eigenvalue weighted by molar-refractivity contribution is -0.120. The molecule has 138 valence electrons. The highest BCUT2D eigenvalue weighted by Crippen LogP contribution is 2.37. The number of halogens is 1. The summed E-state index contributed by atoms with van der Waals surface area (Å²) in [6, 6.07) is 15.3. The Kier molecular flexibility index (Phi) is 4.44. The average Bonchev–Trinajstić information content (AvgIpc) is 3.38. The second-order valence-electron chi connectivity index (χ2n) is 7.35. The molecule has 1 heterocycles. The maximum atomic E-state index is 12.9. The van der Waals surface area contributed by atoms with Crippen molar-refractivity contribution >= 4 is 23.2 Å². The van der Waals surface area contributed by atoms with E-state index >= 15 is 0 Å². The highest BCUT2D eigenvalue weighted by Gasteiger charge is 2.30. The average molecular weight is 382 g/mol. The van der Waals surface area contributed by atoms with Gasteiger partial charge in [0.2, 0.25) is 5.91 Å². The molecule has 0 spiro atoms. The molecule has 0 bridgehead atoms. The first-order valence-corrected chi connectivity index (χ1v) is 9.29. The van der Waals surface area contributed by atoms with Crippen molar-refractivity contribution in [1.29, 1.82) is 0 Å². The van der Waals surface area contributed by atoms with Gasteiger partial charge in [0.1, 0.15) is 0 Å². The zero-order valence-corrected chi connectivity index (χ0v) is 15.9. The standard InChI is InChI=1S/C20H20ClN5O/c1-20(2,14-6-8-15(21)9-7-14)19(27)22-16-5-3-4-13(12-16)18-23-24-25-26(18)17-10-11-17/h3-9,12,17H,10-11H2,1-2H3,(H,22,27). The normalized spacial score (nSPS) is 14.2. The van der Waals surface area contributed by atoms with Crippen LogP contribution in [-0.2, 0) is 10.2 Å². The lowest BCUT2D eigenvalue weighted by atomic mass is 9.83. The number of nitrogens with zero attached hydrogens (tertiary/aromatic N) is 4. The number of hydrogen-bond acceptors (Lipinski definition) is 4. The molecule has 0 aliphatic heterocycles. The lowest BCUT2D eigenvalue weighted by Gasteiger charge is -2.24. The summed E-state index contributed by atoms with van der Waals surface area (Å²) in [7, 11) is 0. The van der Waals surface area contributed by atoms with Crippen LogP contribution < -0.4 is 5.32 Å². The van der Waals surface area contributed by atoms with Crippen LogP contribution in [-0.4, -0.2) is 26.1 Å². The van der Waals surface area contributed by atoms with Gasteiger partial charge in [-0.15, -0.1) is 5.10 Å². The first-order valence-electron chi connectivity index (χ1n) is 8.91. The lowest BCUT2D eigenvalue weighted by Crippen LogP contribution is -2.34. The largest absolute Gasteiger partial charge is 0.325 e. The molecule has 1 saturated carbocycles. The molecule has 0 unspecified atom stereocenters. The van der Waals surface area contributed by atoms with Gasteiger partial charge in [-0.2, -0.15) is 0 Å². The van der Waals surface area contributed by atoms with Gasteiger partial charge in [0.15, 0.2) is 5.82 Å². The minimum absolute atomic E-state index is 0.0937. The summed E-state index contributed by atoms with van der Waals surface area (Å²) in [5.41, 5.74) is 1.80. The summed E-state index contributed by atoms with van der Waals surface area (Å²) >= 11 is 5.96. The van der Waals surface area contributed by atoms with Crippen LogP contribution in [0.3, 0.4) is 0 Å². The Bertz CT molecular complexity index is 976. The number of anilines is 1. The summed E-state index contributed by atoms with van der Waals surface area (Å²) in [6.07, 6.45) is 2.20. The molecule has 1 aromatic heterocycles. The molecule has 0 atom stereocenters. The molecule has 1 N–H and O–H groups in total. The number of aromatic nitrogens is 4. The van der Waals surface area contributed by atoms with E-state index in [2.05, 4.69) is 20.8 Å². The molecule has 2 aromatic carbocycles. The molecule has 27 heavy (non-hydrogen) atoms. The summed E-state index contributed by atoms with van der Waals surface area (Å²) in [4.78, 5) is 12.9. The van der Waals surface area contributed by atoms with Crippen LogP contribution in [0.2, 0.25) is 5.02 Å². The molecule has 3 aromatic rings. The van der Waals surface area contributed by atoms with E-state index in [1.807, 2.05) is 54.9 Å². The third-order valence-electron chi connectivity index (χ3n) is 4.90. The van der Waals surface area contributed by atoms with Crippen LogP contribution in [0, 0.1) is 0 Å². The summed E-state index contributed by atoms with van der Waals surface area (Å²) in [5, 5.41) is 15.7. The third-order valence-corrected chi connectivity index (χ3v) is 5.15. The predicted molar refractivity (Wildman–Crippen MR) is 105 cm³/mol. The Hall–Kier alpha value is -2.73. The molecule has 1 aliphatic rings. The second-order valence-corrected chi connectivity index (χ2v) is 7.78. The number of hydrogen-bond donors (Lipinski definition) is 1. The van der Waals surface area contributed by atoms with E-state index in [0.29, 0.717) is 16.8 Å². The van der Waals surface area contributed by atoms with Gasteiger partial charge in [0.25, 0.3) is 0 Å². The van der Waals surface area contributed by atoms with Crippen molar-refractivity contribution in [3.63, 3.8) is 0 Å². The minimum Gasteiger partial charge on any atom is -0.325 e. The maximum Gasteiger partial charge on any atom is 0.234 e. The summed E-state index contributed by atoms with van der Waals surface area (Å²) in [6.45, 7) is 3.78. The van der Waals surface area contributed by atoms with Crippen LogP contribution in [0.4, 0.5) is 5.69 Å². The quantitative estimate of drug-likeness (QED) is 0.717. The van der Waals surface area contributed by atoms with Crippen molar-refractivity contribution in [2.24, 2.45) is 0 Å². The number of rotatable bonds is 5. The molecule has 1 amide bonds. The van der Waals surface area contributed by atoms with Gasteiger partial charge in [-0.3, -0.25) is 4.79 Å². The van der Waals surface area contributed by atoms with Crippen molar-refractivity contribution in [2.45, 2.75) is 38.1 Å². The molecule has 1 fully saturated rings. The Morgan fingerprint density at radius 3 is 2.63 bits per heavy atom. The van der Waals surface area contributed by atoms with E-state index in [-0.39, 0.29) is 5.91 Å².